The maximum Gasteiger partial charge on any atom is 0.328 e. The van der Waals surface area contributed by atoms with Gasteiger partial charge in [-0.3, -0.25) is 24.4 Å². The van der Waals surface area contributed by atoms with E-state index in [4.69, 9.17) is 4.74 Å². The molecule has 0 spiro atoms. The highest BCUT2D eigenvalue weighted by atomic mass is 16.5. The molecule has 2 heterocycles. The normalized spacial score (nSPS) is 11.5. The number of benzene rings is 1. The van der Waals surface area contributed by atoms with Crippen LogP contribution in [0.2, 0.25) is 0 Å². The molecule has 0 saturated heterocycles. The van der Waals surface area contributed by atoms with Gasteiger partial charge in [0, 0.05) is 50.5 Å². The number of esters is 1. The van der Waals surface area contributed by atoms with Gasteiger partial charge in [0.2, 0.25) is 0 Å². The van der Waals surface area contributed by atoms with Crippen LogP contribution in [0.1, 0.15) is 21.5 Å². The lowest BCUT2D eigenvalue weighted by atomic mass is 10.0. The molecule has 4 rings (SSSR count). The van der Waals surface area contributed by atoms with Crippen molar-refractivity contribution in [3.63, 3.8) is 0 Å². The minimum absolute atomic E-state index is 0.0761. The molecule has 0 fully saturated rings. The Morgan fingerprint density at radius 2 is 1.65 bits per heavy atom. The van der Waals surface area contributed by atoms with Crippen molar-refractivity contribution in [1.82, 2.24) is 9.97 Å². The van der Waals surface area contributed by atoms with Gasteiger partial charge >= 0.3 is 5.97 Å². The van der Waals surface area contributed by atoms with Crippen LogP contribution in [-0.2, 0) is 22.5 Å². The van der Waals surface area contributed by atoms with Crippen molar-refractivity contribution in [3.8, 4) is 0 Å². The molecule has 4 aromatic rings. The van der Waals surface area contributed by atoms with Gasteiger partial charge in [-0.05, 0) is 41.5 Å². The molecule has 1 atom stereocenters. The number of nitrogens with zero attached hydrogens (tertiary/aromatic N) is 3. The van der Waals surface area contributed by atoms with E-state index in [2.05, 4.69) is 20.6 Å². The molecule has 10 heteroatoms. The minimum atomic E-state index is -0.908. The van der Waals surface area contributed by atoms with Crippen molar-refractivity contribution in [3.05, 3.63) is 110 Å². The highest BCUT2D eigenvalue weighted by Gasteiger charge is 2.29. The van der Waals surface area contributed by atoms with Gasteiger partial charge < -0.3 is 20.3 Å². The Bertz CT molecular complexity index is 1450. The Balaban J connectivity index is 1.46. The maximum atomic E-state index is 12.5. The van der Waals surface area contributed by atoms with Gasteiger partial charge in [0.05, 0.1) is 12.7 Å². The molecule has 0 unspecified atom stereocenters. The van der Waals surface area contributed by atoms with Gasteiger partial charge in [-0.1, -0.05) is 18.2 Å². The summed E-state index contributed by atoms with van der Waals surface area (Å²) in [6.07, 6.45) is 6.57. The largest absolute Gasteiger partial charge is 0.467 e. The van der Waals surface area contributed by atoms with E-state index < -0.39 is 22.9 Å². The summed E-state index contributed by atoms with van der Waals surface area (Å²) < 4.78 is 4.93. The third kappa shape index (κ3) is 5.87. The van der Waals surface area contributed by atoms with Gasteiger partial charge in [0.15, 0.2) is 0 Å². The van der Waals surface area contributed by atoms with Crippen molar-refractivity contribution in [2.75, 3.05) is 29.7 Å². The Morgan fingerprint density at radius 3 is 2.27 bits per heavy atom. The van der Waals surface area contributed by atoms with E-state index in [1.54, 1.807) is 73.0 Å². The predicted molar refractivity (Wildman–Crippen MR) is 139 cm³/mol. The number of aromatic nitrogens is 2. The fourth-order valence-corrected chi connectivity index (χ4v) is 3.89. The summed E-state index contributed by atoms with van der Waals surface area (Å²) in [6.45, 7) is 0.364. The molecule has 188 valence electrons. The number of carbonyl (C=O) groups is 2. The SMILES string of the molecule is COC(=O)[C@H](Cc1ccc(NC(=O)c2cccnc2)cc1)Nc1c(N(C)Cc2cccnc2)c(=O)c1=O. The standard InChI is InChI=1S/C27H25N5O5/c1-32(16-18-5-3-11-28-14-18)23-22(24(33)25(23)34)31-21(27(36)37-2)13-17-7-9-20(10-8-17)30-26(35)19-6-4-12-29-15-19/h3-12,14-15,21,31H,13,16H2,1-2H3,(H,30,35)/t21-/m0/s1. The van der Waals surface area contributed by atoms with Crippen LogP contribution in [0.15, 0.2) is 82.9 Å². The molecule has 2 N–H and O–H groups in total. The van der Waals surface area contributed by atoms with Gasteiger partial charge in [-0.2, -0.15) is 0 Å². The van der Waals surface area contributed by atoms with E-state index in [0.29, 0.717) is 17.8 Å². The van der Waals surface area contributed by atoms with Gasteiger partial charge in [0.1, 0.15) is 17.4 Å². The van der Waals surface area contributed by atoms with E-state index in [1.165, 1.54) is 13.3 Å². The summed E-state index contributed by atoms with van der Waals surface area (Å²) in [4.78, 5) is 59.2. The van der Waals surface area contributed by atoms with E-state index in [0.717, 1.165) is 11.1 Å². The number of anilines is 3. The molecule has 0 aliphatic rings. The number of hydrogen-bond donors (Lipinski definition) is 2. The number of nitrogens with one attached hydrogen (secondary N) is 2. The van der Waals surface area contributed by atoms with Crippen LogP contribution in [0.25, 0.3) is 0 Å². The van der Waals surface area contributed by atoms with Crippen molar-refractivity contribution in [1.29, 1.82) is 0 Å². The Labute approximate surface area is 212 Å². The summed E-state index contributed by atoms with van der Waals surface area (Å²) in [5.41, 5.74) is 1.60. The Kier molecular flexibility index (Phi) is 7.68. The highest BCUT2D eigenvalue weighted by Crippen LogP contribution is 2.23. The van der Waals surface area contributed by atoms with E-state index in [9.17, 15) is 19.2 Å². The number of hydrogen-bond acceptors (Lipinski definition) is 9. The molecule has 0 saturated carbocycles. The quantitative estimate of drug-likeness (QED) is 0.249. The molecular formula is C27H25N5O5. The first-order valence-corrected chi connectivity index (χ1v) is 11.5. The molecular weight excluding hydrogens is 474 g/mol. The van der Waals surface area contributed by atoms with Gasteiger partial charge in [-0.15, -0.1) is 0 Å². The summed E-state index contributed by atoms with van der Waals surface area (Å²) >= 11 is 0. The average molecular weight is 500 g/mol. The molecule has 0 aliphatic carbocycles. The monoisotopic (exact) mass is 499 g/mol. The second-order valence-corrected chi connectivity index (χ2v) is 8.42. The average Bonchev–Trinajstić information content (AvgIpc) is 2.93. The van der Waals surface area contributed by atoms with Crippen molar-refractivity contribution < 1.29 is 14.3 Å². The van der Waals surface area contributed by atoms with Crippen LogP contribution >= 0.6 is 0 Å². The van der Waals surface area contributed by atoms with Crippen molar-refractivity contribution in [2.24, 2.45) is 0 Å². The highest BCUT2D eigenvalue weighted by molar-refractivity contribution is 6.04. The van der Waals surface area contributed by atoms with E-state index in [-0.39, 0.29) is 23.7 Å². The van der Waals surface area contributed by atoms with Crippen molar-refractivity contribution >= 4 is 28.9 Å². The molecule has 0 aliphatic heterocycles. The summed E-state index contributed by atoms with van der Waals surface area (Å²) in [7, 11) is 2.95. The lowest BCUT2D eigenvalue weighted by molar-refractivity contribution is -0.141. The van der Waals surface area contributed by atoms with Crippen LogP contribution in [0.4, 0.5) is 17.1 Å². The molecule has 37 heavy (non-hydrogen) atoms. The smallest absolute Gasteiger partial charge is 0.328 e. The van der Waals surface area contributed by atoms with E-state index >= 15 is 0 Å². The van der Waals surface area contributed by atoms with Gasteiger partial charge in [-0.25, -0.2) is 4.79 Å². The van der Waals surface area contributed by atoms with Crippen LogP contribution in [0.3, 0.4) is 0 Å². The number of methoxy groups -OCH3 is 1. The zero-order valence-electron chi connectivity index (χ0n) is 20.3. The first kappa shape index (κ1) is 25.2. The molecule has 2 aromatic carbocycles. The number of rotatable bonds is 10. The maximum absolute atomic E-state index is 12.5. The molecule has 2 aromatic heterocycles. The summed E-state index contributed by atoms with van der Waals surface area (Å²) in [5, 5.41) is 5.70. The third-order valence-corrected chi connectivity index (χ3v) is 5.79. The van der Waals surface area contributed by atoms with Crippen LogP contribution in [0, 0.1) is 0 Å². The van der Waals surface area contributed by atoms with E-state index in [1.807, 2.05) is 6.07 Å². The molecule has 10 nitrogen and oxygen atoms in total. The number of amides is 1. The topological polar surface area (TPSA) is 131 Å². The minimum Gasteiger partial charge on any atom is -0.467 e. The Hall–Kier alpha value is -4.86. The summed E-state index contributed by atoms with van der Waals surface area (Å²) in [5.74, 6) is -0.874. The van der Waals surface area contributed by atoms with Crippen LogP contribution < -0.4 is 26.4 Å². The van der Waals surface area contributed by atoms with Crippen molar-refractivity contribution in [2.45, 2.75) is 19.0 Å². The Morgan fingerprint density at radius 1 is 0.946 bits per heavy atom. The first-order valence-electron chi connectivity index (χ1n) is 11.5. The number of ether oxygens (including phenoxy) is 1. The molecule has 1 amide bonds. The second-order valence-electron chi connectivity index (χ2n) is 8.42. The zero-order chi connectivity index (χ0) is 26.4. The number of pyridine rings is 2. The zero-order valence-corrected chi connectivity index (χ0v) is 20.3. The molecule has 0 bridgehead atoms. The predicted octanol–water partition coefficient (Wildman–Crippen LogP) is 2.16. The van der Waals surface area contributed by atoms with Crippen LogP contribution in [0.5, 0.6) is 0 Å². The third-order valence-electron chi connectivity index (χ3n) is 5.79. The fraction of sp³-hybridized carbons (Fsp3) is 0.185. The lowest BCUT2D eigenvalue weighted by Crippen LogP contribution is -2.45. The lowest BCUT2D eigenvalue weighted by Gasteiger charge is -2.26. The second kappa shape index (κ2) is 11.3. The van der Waals surface area contributed by atoms with Gasteiger partial charge in [0.25, 0.3) is 16.8 Å². The number of carbonyl (C=O) groups excluding carboxylic acids is 2. The molecule has 0 radical (unpaired) electrons. The first-order chi connectivity index (χ1) is 17.9. The summed E-state index contributed by atoms with van der Waals surface area (Å²) in [6, 6.07) is 13.0. The van der Waals surface area contributed by atoms with Crippen LogP contribution in [-0.4, -0.2) is 42.0 Å². The fourth-order valence-electron chi connectivity index (χ4n) is 3.89.